The van der Waals surface area contributed by atoms with Crippen LogP contribution in [0.3, 0.4) is 0 Å². The zero-order chi connectivity index (χ0) is 11.6. The number of nitrogens with two attached hydrogens (primary N) is 1. The predicted molar refractivity (Wildman–Crippen MR) is 64.7 cm³/mol. The molecule has 3 nitrogen and oxygen atoms in total. The van der Waals surface area contributed by atoms with Crippen LogP contribution in [0.4, 0.5) is 0 Å². The van der Waals surface area contributed by atoms with Crippen molar-refractivity contribution in [1.82, 2.24) is 0 Å². The molecule has 1 aromatic rings. The van der Waals surface area contributed by atoms with Gasteiger partial charge < -0.3 is 10.5 Å². The summed E-state index contributed by atoms with van der Waals surface area (Å²) in [5.41, 5.74) is 6.63. The average molecular weight is 237 g/mol. The van der Waals surface area contributed by atoms with Crippen molar-refractivity contribution < 1.29 is 9.53 Å². The number of esters is 1. The summed E-state index contributed by atoms with van der Waals surface area (Å²) >= 11 is 1.63. The number of hydrogen-bond donors (Lipinski definition) is 1. The zero-order valence-corrected chi connectivity index (χ0v) is 10.0. The molecule has 0 aromatic heterocycles. The molecule has 1 fully saturated rings. The van der Waals surface area contributed by atoms with Crippen molar-refractivity contribution in [3.8, 4) is 0 Å². The van der Waals surface area contributed by atoms with Gasteiger partial charge in [-0.3, -0.25) is 0 Å². The van der Waals surface area contributed by atoms with Gasteiger partial charge in [0.2, 0.25) is 0 Å². The molecule has 0 saturated heterocycles. The molecule has 0 aliphatic heterocycles. The van der Waals surface area contributed by atoms with Crippen LogP contribution < -0.4 is 5.73 Å². The molecule has 0 heterocycles. The summed E-state index contributed by atoms with van der Waals surface area (Å²) in [5.74, 6) is 0.575. The summed E-state index contributed by atoms with van der Waals surface area (Å²) in [6, 6.07) is 7.48. The Morgan fingerprint density at radius 2 is 2.19 bits per heavy atom. The number of ether oxygens (including phenoxy) is 1. The Morgan fingerprint density at radius 3 is 2.81 bits per heavy atom. The van der Waals surface area contributed by atoms with Crippen LogP contribution in [0.15, 0.2) is 29.2 Å². The molecule has 0 spiro atoms. The van der Waals surface area contributed by atoms with Crippen LogP contribution in [0.25, 0.3) is 0 Å². The molecule has 16 heavy (non-hydrogen) atoms. The quantitative estimate of drug-likeness (QED) is 0.643. The lowest BCUT2D eigenvalue weighted by Crippen LogP contribution is -2.24. The van der Waals surface area contributed by atoms with Gasteiger partial charge in [0.1, 0.15) is 0 Å². The number of carbonyl (C=O) groups excluding carboxylic acids is 1. The van der Waals surface area contributed by atoms with Crippen molar-refractivity contribution in [2.75, 3.05) is 12.9 Å². The van der Waals surface area contributed by atoms with Crippen molar-refractivity contribution in [1.29, 1.82) is 0 Å². The number of hydrogen-bond acceptors (Lipinski definition) is 4. The van der Waals surface area contributed by atoms with Gasteiger partial charge >= 0.3 is 5.97 Å². The van der Waals surface area contributed by atoms with E-state index < -0.39 is 0 Å². The normalized spacial score (nSPS) is 16.9. The largest absolute Gasteiger partial charge is 0.465 e. The van der Waals surface area contributed by atoms with Crippen LogP contribution in [0.1, 0.15) is 23.2 Å². The zero-order valence-electron chi connectivity index (χ0n) is 9.23. The molecule has 4 heteroatoms. The first-order valence-electron chi connectivity index (χ1n) is 5.24. The molecular weight excluding hydrogens is 222 g/mol. The van der Waals surface area contributed by atoms with E-state index in [1.54, 1.807) is 17.8 Å². The van der Waals surface area contributed by atoms with Gasteiger partial charge in [0, 0.05) is 16.2 Å². The van der Waals surface area contributed by atoms with Gasteiger partial charge in [-0.1, -0.05) is 12.1 Å². The van der Waals surface area contributed by atoms with Gasteiger partial charge in [-0.2, -0.15) is 0 Å². The third-order valence-electron chi connectivity index (χ3n) is 2.70. The lowest BCUT2D eigenvalue weighted by molar-refractivity contribution is 0.0597. The average Bonchev–Trinajstić information content (AvgIpc) is 3.05. The minimum absolute atomic E-state index is 0.00605. The van der Waals surface area contributed by atoms with Crippen LogP contribution >= 0.6 is 11.8 Å². The molecule has 1 aromatic carbocycles. The van der Waals surface area contributed by atoms with Crippen molar-refractivity contribution in [2.45, 2.75) is 23.3 Å². The Bertz CT molecular complexity index is 402. The maximum Gasteiger partial charge on any atom is 0.338 e. The van der Waals surface area contributed by atoms with E-state index in [2.05, 4.69) is 0 Å². The van der Waals surface area contributed by atoms with E-state index in [4.69, 9.17) is 10.5 Å². The number of benzene rings is 1. The molecule has 0 radical (unpaired) electrons. The molecule has 1 aliphatic rings. The maximum absolute atomic E-state index is 11.5. The maximum atomic E-state index is 11.5. The van der Waals surface area contributed by atoms with Gasteiger partial charge in [-0.15, -0.1) is 11.8 Å². The summed E-state index contributed by atoms with van der Waals surface area (Å²) < 4.78 is 4.74. The summed E-state index contributed by atoms with van der Waals surface area (Å²) in [6.45, 7) is 0. The van der Waals surface area contributed by atoms with E-state index in [9.17, 15) is 4.79 Å². The highest BCUT2D eigenvalue weighted by molar-refractivity contribution is 7.99. The van der Waals surface area contributed by atoms with Gasteiger partial charge in [0.25, 0.3) is 0 Å². The van der Waals surface area contributed by atoms with Crippen molar-refractivity contribution in [3.05, 3.63) is 29.8 Å². The summed E-state index contributed by atoms with van der Waals surface area (Å²) in [4.78, 5) is 12.5. The highest BCUT2D eigenvalue weighted by atomic mass is 32.2. The predicted octanol–water partition coefficient (Wildman–Crippen LogP) is 2.06. The van der Waals surface area contributed by atoms with E-state index in [1.165, 1.54) is 7.11 Å². The Labute approximate surface area is 99.4 Å². The van der Waals surface area contributed by atoms with Crippen molar-refractivity contribution >= 4 is 17.7 Å². The molecule has 86 valence electrons. The monoisotopic (exact) mass is 237 g/mol. The SMILES string of the molecule is COC(=O)c1ccccc1SCC1(N)CC1. The van der Waals surface area contributed by atoms with Gasteiger partial charge in [-0.25, -0.2) is 4.79 Å². The molecule has 0 bridgehead atoms. The molecule has 0 atom stereocenters. The van der Waals surface area contributed by atoms with Crippen LogP contribution in [0, 0.1) is 0 Å². The second kappa shape index (κ2) is 4.47. The van der Waals surface area contributed by atoms with Crippen molar-refractivity contribution in [2.24, 2.45) is 5.73 Å². The van der Waals surface area contributed by atoms with Crippen LogP contribution in [-0.4, -0.2) is 24.4 Å². The Hall–Kier alpha value is -1.00. The lowest BCUT2D eigenvalue weighted by atomic mass is 10.2. The molecule has 0 unspecified atom stereocenters. The molecule has 1 saturated carbocycles. The van der Waals surface area contributed by atoms with Crippen LogP contribution in [-0.2, 0) is 4.74 Å². The summed E-state index contributed by atoms with van der Waals surface area (Å²) in [6.07, 6.45) is 2.17. The standard InChI is InChI=1S/C12H15NO2S/c1-15-11(14)9-4-2-3-5-10(9)16-8-12(13)6-7-12/h2-5H,6-8,13H2,1H3. The van der Waals surface area contributed by atoms with Crippen LogP contribution in [0.5, 0.6) is 0 Å². The smallest absolute Gasteiger partial charge is 0.338 e. The Morgan fingerprint density at radius 1 is 1.50 bits per heavy atom. The highest BCUT2D eigenvalue weighted by Gasteiger charge is 2.38. The first-order valence-corrected chi connectivity index (χ1v) is 6.22. The Balaban J connectivity index is 2.09. The first kappa shape index (κ1) is 11.5. The minimum atomic E-state index is -0.287. The van der Waals surface area contributed by atoms with E-state index >= 15 is 0 Å². The summed E-state index contributed by atoms with van der Waals surface area (Å²) in [7, 11) is 1.40. The highest BCUT2D eigenvalue weighted by Crippen LogP contribution is 2.38. The third kappa shape index (κ3) is 2.57. The molecular formula is C12H15NO2S. The number of rotatable bonds is 4. The van der Waals surface area contributed by atoms with Gasteiger partial charge in [0.15, 0.2) is 0 Å². The fourth-order valence-corrected chi connectivity index (χ4v) is 2.61. The van der Waals surface area contributed by atoms with Crippen molar-refractivity contribution in [3.63, 3.8) is 0 Å². The number of thioether (sulfide) groups is 1. The number of carbonyl (C=O) groups is 1. The fourth-order valence-electron chi connectivity index (χ4n) is 1.40. The minimum Gasteiger partial charge on any atom is -0.465 e. The van der Waals surface area contributed by atoms with E-state index in [0.29, 0.717) is 5.56 Å². The van der Waals surface area contributed by atoms with Gasteiger partial charge in [-0.05, 0) is 25.0 Å². The molecule has 0 amide bonds. The van der Waals surface area contributed by atoms with Crippen LogP contribution in [0.2, 0.25) is 0 Å². The third-order valence-corrected chi connectivity index (χ3v) is 4.09. The van der Waals surface area contributed by atoms with E-state index in [-0.39, 0.29) is 11.5 Å². The second-order valence-electron chi connectivity index (χ2n) is 4.14. The van der Waals surface area contributed by atoms with E-state index in [0.717, 1.165) is 23.5 Å². The molecule has 2 N–H and O–H groups in total. The topological polar surface area (TPSA) is 52.3 Å². The molecule has 1 aliphatic carbocycles. The lowest BCUT2D eigenvalue weighted by Gasteiger charge is -2.10. The first-order chi connectivity index (χ1) is 7.64. The summed E-state index contributed by atoms with van der Waals surface area (Å²) in [5, 5.41) is 0. The second-order valence-corrected chi connectivity index (χ2v) is 5.16. The Kier molecular flexibility index (Phi) is 3.21. The van der Waals surface area contributed by atoms with E-state index in [1.807, 2.05) is 18.2 Å². The fraction of sp³-hybridized carbons (Fsp3) is 0.417. The number of methoxy groups -OCH3 is 1. The molecule has 2 rings (SSSR count). The van der Waals surface area contributed by atoms with Gasteiger partial charge in [0.05, 0.1) is 12.7 Å².